The second-order valence-corrected chi connectivity index (χ2v) is 7.39. The van der Waals surface area contributed by atoms with E-state index in [9.17, 15) is 4.79 Å². The molecule has 0 aliphatic rings. The summed E-state index contributed by atoms with van der Waals surface area (Å²) in [6, 6.07) is 11.3. The minimum absolute atomic E-state index is 0.0555. The van der Waals surface area contributed by atoms with Gasteiger partial charge in [-0.25, -0.2) is 4.98 Å². The number of rotatable bonds is 11. The summed E-state index contributed by atoms with van der Waals surface area (Å²) >= 11 is 1.65. The summed E-state index contributed by atoms with van der Waals surface area (Å²) in [5, 5.41) is 6.11. The van der Waals surface area contributed by atoms with Crippen LogP contribution in [-0.2, 0) is 11.2 Å². The van der Waals surface area contributed by atoms with Crippen molar-refractivity contribution in [1.29, 1.82) is 0 Å². The third kappa shape index (κ3) is 6.87. The summed E-state index contributed by atoms with van der Waals surface area (Å²) in [4.78, 5) is 20.6. The van der Waals surface area contributed by atoms with Gasteiger partial charge in [0.1, 0.15) is 11.5 Å². The maximum atomic E-state index is 11.9. The molecule has 0 fully saturated rings. The number of hydrogen-bond acceptors (Lipinski definition) is 6. The van der Waals surface area contributed by atoms with E-state index in [4.69, 9.17) is 9.47 Å². The van der Waals surface area contributed by atoms with Crippen molar-refractivity contribution >= 4 is 17.2 Å². The van der Waals surface area contributed by atoms with E-state index in [0.717, 1.165) is 40.6 Å². The molecule has 0 aliphatic heterocycles. The van der Waals surface area contributed by atoms with Crippen LogP contribution in [-0.4, -0.2) is 36.1 Å². The Hall–Kier alpha value is -2.93. The number of nitrogens with zero attached hydrogens (tertiary/aromatic N) is 2. The predicted octanol–water partition coefficient (Wildman–Crippen LogP) is 4.12. The van der Waals surface area contributed by atoms with Gasteiger partial charge in [0.05, 0.1) is 24.4 Å². The molecule has 2 aromatic heterocycles. The first-order chi connectivity index (χ1) is 14.2. The third-order valence-electron chi connectivity index (χ3n) is 4.29. The minimum Gasteiger partial charge on any atom is -0.497 e. The van der Waals surface area contributed by atoms with Crippen LogP contribution in [0.25, 0.3) is 11.3 Å². The smallest absolute Gasteiger partial charge is 0.220 e. The minimum atomic E-state index is 0.0555. The molecule has 2 heterocycles. The number of hydrogen-bond donors (Lipinski definition) is 1. The molecule has 6 nitrogen and oxygen atoms in total. The van der Waals surface area contributed by atoms with E-state index in [-0.39, 0.29) is 5.91 Å². The molecule has 29 heavy (non-hydrogen) atoms. The van der Waals surface area contributed by atoms with Crippen LogP contribution >= 0.6 is 11.3 Å². The Morgan fingerprint density at radius 1 is 1.07 bits per heavy atom. The quantitative estimate of drug-likeness (QED) is 0.481. The largest absolute Gasteiger partial charge is 0.497 e. The van der Waals surface area contributed by atoms with Crippen LogP contribution in [0, 0.1) is 0 Å². The van der Waals surface area contributed by atoms with Gasteiger partial charge in [0.2, 0.25) is 5.91 Å². The Bertz CT molecular complexity index is 882. The number of nitrogens with one attached hydrogen (secondary N) is 1. The Morgan fingerprint density at radius 2 is 1.83 bits per heavy atom. The highest BCUT2D eigenvalue weighted by Gasteiger charge is 2.05. The fraction of sp³-hybridized carbons (Fsp3) is 0.318. The number of carbonyl (C=O) groups is 1. The van der Waals surface area contributed by atoms with Crippen molar-refractivity contribution in [2.75, 3.05) is 20.3 Å². The number of benzene rings is 1. The second kappa shape index (κ2) is 11.2. The van der Waals surface area contributed by atoms with Gasteiger partial charge >= 0.3 is 0 Å². The molecule has 1 aromatic carbocycles. The maximum absolute atomic E-state index is 11.9. The Kier molecular flexibility index (Phi) is 8.01. The standard InChI is InChI=1S/C22H25N3O3S/c1-27-18-6-8-19(9-7-18)28-15-3-4-21(26)24-12-2-5-22-25-20(16-29-22)17-10-13-23-14-11-17/h6-11,13-14,16H,2-5,12,15H2,1H3,(H,24,26). The molecule has 0 saturated heterocycles. The highest BCUT2D eigenvalue weighted by atomic mass is 32.1. The summed E-state index contributed by atoms with van der Waals surface area (Å²) in [5.41, 5.74) is 2.06. The molecular weight excluding hydrogens is 386 g/mol. The number of thiazole rings is 1. The van der Waals surface area contributed by atoms with Gasteiger partial charge in [0.15, 0.2) is 0 Å². The average Bonchev–Trinajstić information content (AvgIpc) is 3.24. The van der Waals surface area contributed by atoms with Crippen molar-refractivity contribution in [3.05, 3.63) is 59.2 Å². The number of methoxy groups -OCH3 is 1. The SMILES string of the molecule is COc1ccc(OCCCC(=O)NCCCc2nc(-c3ccncc3)cs2)cc1. The van der Waals surface area contributed by atoms with E-state index in [1.807, 2.05) is 36.4 Å². The summed E-state index contributed by atoms with van der Waals surface area (Å²) < 4.78 is 10.7. The van der Waals surface area contributed by atoms with Gasteiger partial charge in [-0.05, 0) is 49.2 Å². The zero-order chi connectivity index (χ0) is 20.3. The van der Waals surface area contributed by atoms with Gasteiger partial charge in [0, 0.05) is 42.7 Å². The van der Waals surface area contributed by atoms with E-state index in [2.05, 4.69) is 20.7 Å². The lowest BCUT2D eigenvalue weighted by Crippen LogP contribution is -2.24. The lowest BCUT2D eigenvalue weighted by Gasteiger charge is -2.07. The molecule has 1 N–H and O–H groups in total. The van der Waals surface area contributed by atoms with Crippen molar-refractivity contribution in [2.45, 2.75) is 25.7 Å². The van der Waals surface area contributed by atoms with Crippen LogP contribution in [0.5, 0.6) is 11.5 Å². The van der Waals surface area contributed by atoms with Crippen molar-refractivity contribution in [3.63, 3.8) is 0 Å². The fourth-order valence-electron chi connectivity index (χ4n) is 2.73. The molecule has 152 valence electrons. The van der Waals surface area contributed by atoms with E-state index in [1.54, 1.807) is 30.8 Å². The monoisotopic (exact) mass is 411 g/mol. The molecule has 3 aromatic rings. The summed E-state index contributed by atoms with van der Waals surface area (Å²) in [7, 11) is 1.63. The Morgan fingerprint density at radius 3 is 2.59 bits per heavy atom. The van der Waals surface area contributed by atoms with Crippen LogP contribution in [0.15, 0.2) is 54.2 Å². The van der Waals surface area contributed by atoms with Crippen LogP contribution in [0.2, 0.25) is 0 Å². The van der Waals surface area contributed by atoms with Crippen molar-refractivity contribution in [1.82, 2.24) is 15.3 Å². The molecule has 0 spiro atoms. The average molecular weight is 412 g/mol. The number of aryl methyl sites for hydroxylation is 1. The number of pyridine rings is 1. The van der Waals surface area contributed by atoms with E-state index in [1.165, 1.54) is 0 Å². The van der Waals surface area contributed by atoms with Gasteiger partial charge in [-0.15, -0.1) is 11.3 Å². The van der Waals surface area contributed by atoms with Crippen LogP contribution in [0.1, 0.15) is 24.3 Å². The first-order valence-electron chi connectivity index (χ1n) is 9.63. The Balaban J connectivity index is 1.27. The second-order valence-electron chi connectivity index (χ2n) is 6.44. The highest BCUT2D eigenvalue weighted by Crippen LogP contribution is 2.21. The summed E-state index contributed by atoms with van der Waals surface area (Å²) in [6.45, 7) is 1.17. The maximum Gasteiger partial charge on any atom is 0.220 e. The van der Waals surface area contributed by atoms with Gasteiger partial charge in [-0.3, -0.25) is 9.78 Å². The number of carbonyl (C=O) groups excluding carboxylic acids is 1. The van der Waals surface area contributed by atoms with Gasteiger partial charge in [0.25, 0.3) is 0 Å². The molecular formula is C22H25N3O3S. The predicted molar refractivity (Wildman–Crippen MR) is 114 cm³/mol. The molecule has 1 amide bonds. The van der Waals surface area contributed by atoms with Crippen molar-refractivity contribution in [2.24, 2.45) is 0 Å². The van der Waals surface area contributed by atoms with E-state index in [0.29, 0.717) is 26.0 Å². The van der Waals surface area contributed by atoms with Gasteiger partial charge in [-0.1, -0.05) is 0 Å². The molecule has 0 bridgehead atoms. The molecule has 0 aliphatic carbocycles. The fourth-order valence-corrected chi connectivity index (χ4v) is 3.58. The van der Waals surface area contributed by atoms with Crippen LogP contribution < -0.4 is 14.8 Å². The first-order valence-corrected chi connectivity index (χ1v) is 10.5. The zero-order valence-corrected chi connectivity index (χ0v) is 17.3. The molecule has 7 heteroatoms. The van der Waals surface area contributed by atoms with Gasteiger partial charge in [-0.2, -0.15) is 0 Å². The lowest BCUT2D eigenvalue weighted by atomic mass is 10.2. The zero-order valence-electron chi connectivity index (χ0n) is 16.5. The molecule has 0 atom stereocenters. The number of ether oxygens (including phenoxy) is 2. The van der Waals surface area contributed by atoms with Crippen molar-refractivity contribution in [3.8, 4) is 22.8 Å². The van der Waals surface area contributed by atoms with E-state index >= 15 is 0 Å². The van der Waals surface area contributed by atoms with Gasteiger partial charge < -0.3 is 14.8 Å². The van der Waals surface area contributed by atoms with E-state index < -0.39 is 0 Å². The first kappa shape index (κ1) is 20.8. The number of amides is 1. The summed E-state index contributed by atoms with van der Waals surface area (Å²) in [6.07, 6.45) is 6.41. The molecule has 0 unspecified atom stereocenters. The summed E-state index contributed by atoms with van der Waals surface area (Å²) in [5.74, 6) is 1.63. The van der Waals surface area contributed by atoms with Crippen LogP contribution in [0.4, 0.5) is 0 Å². The Labute approximate surface area is 174 Å². The normalized spacial score (nSPS) is 10.5. The van der Waals surface area contributed by atoms with Crippen LogP contribution in [0.3, 0.4) is 0 Å². The topological polar surface area (TPSA) is 73.3 Å². The number of aromatic nitrogens is 2. The highest BCUT2D eigenvalue weighted by molar-refractivity contribution is 7.09. The molecule has 0 radical (unpaired) electrons. The third-order valence-corrected chi connectivity index (χ3v) is 5.20. The molecule has 0 saturated carbocycles. The lowest BCUT2D eigenvalue weighted by molar-refractivity contribution is -0.121. The van der Waals surface area contributed by atoms with Crippen molar-refractivity contribution < 1.29 is 14.3 Å². The molecule has 3 rings (SSSR count).